The summed E-state index contributed by atoms with van der Waals surface area (Å²) in [6, 6.07) is 25.1. The van der Waals surface area contributed by atoms with E-state index >= 15 is 0 Å². The second-order valence-corrected chi connectivity index (χ2v) is 8.75. The zero-order valence-corrected chi connectivity index (χ0v) is 19.8. The minimum atomic E-state index is -0.754. The van der Waals surface area contributed by atoms with Crippen LogP contribution in [0.4, 0.5) is 0 Å². The van der Waals surface area contributed by atoms with Gasteiger partial charge in [0.05, 0.1) is 5.92 Å². The Hall–Kier alpha value is -3.64. The molecule has 0 fully saturated rings. The molecule has 3 aromatic carbocycles. The third-order valence-electron chi connectivity index (χ3n) is 5.87. The third-order valence-corrected chi connectivity index (χ3v) is 5.87. The first-order valence-electron chi connectivity index (χ1n) is 11.5. The summed E-state index contributed by atoms with van der Waals surface area (Å²) in [6.45, 7) is 0.997. The number of phenolic OH excluding ortho intramolecular Hbond substituents is 1. The topological polar surface area (TPSA) is 86.9 Å². The summed E-state index contributed by atoms with van der Waals surface area (Å²) in [5.41, 5.74) is 8.38. The number of amides is 2. The van der Waals surface area contributed by atoms with Gasteiger partial charge in [-0.1, -0.05) is 72.8 Å². The van der Waals surface area contributed by atoms with E-state index in [9.17, 15) is 14.7 Å². The van der Waals surface area contributed by atoms with E-state index in [1.807, 2.05) is 79.7 Å². The number of aromatic hydroxyl groups is 1. The lowest BCUT2D eigenvalue weighted by Crippen LogP contribution is -2.49. The Labute approximate surface area is 201 Å². The van der Waals surface area contributed by atoms with E-state index in [-0.39, 0.29) is 18.2 Å². The van der Waals surface area contributed by atoms with Crippen molar-refractivity contribution in [2.45, 2.75) is 31.3 Å². The van der Waals surface area contributed by atoms with Crippen LogP contribution in [0.25, 0.3) is 0 Å². The van der Waals surface area contributed by atoms with Crippen LogP contribution in [-0.2, 0) is 16.1 Å². The van der Waals surface area contributed by atoms with Crippen molar-refractivity contribution in [3.63, 3.8) is 0 Å². The van der Waals surface area contributed by atoms with E-state index in [1.165, 1.54) is 0 Å². The van der Waals surface area contributed by atoms with Crippen molar-refractivity contribution in [2.24, 2.45) is 5.73 Å². The molecule has 0 aliphatic heterocycles. The Kier molecular flexibility index (Phi) is 8.82. The molecule has 0 saturated heterocycles. The van der Waals surface area contributed by atoms with Crippen LogP contribution in [0.1, 0.15) is 35.4 Å². The monoisotopic (exact) mass is 459 g/mol. The number of rotatable bonds is 11. The Morgan fingerprint density at radius 3 is 1.85 bits per heavy atom. The summed E-state index contributed by atoms with van der Waals surface area (Å²) in [5.74, 6) is -1.13. The van der Waals surface area contributed by atoms with Gasteiger partial charge in [-0.15, -0.1) is 0 Å². The molecule has 0 heterocycles. The maximum Gasteiger partial charge on any atom is 0.240 e. The molecule has 3 aromatic rings. The highest BCUT2D eigenvalue weighted by atomic mass is 16.3. The molecule has 6 nitrogen and oxygen atoms in total. The van der Waals surface area contributed by atoms with Crippen LogP contribution in [0.3, 0.4) is 0 Å². The molecular formula is C28H33N3O3. The molecule has 3 rings (SSSR count). The van der Waals surface area contributed by atoms with Crippen LogP contribution in [0.15, 0.2) is 84.9 Å². The van der Waals surface area contributed by atoms with Crippen molar-refractivity contribution in [3.05, 3.63) is 102 Å². The van der Waals surface area contributed by atoms with E-state index < -0.39 is 17.9 Å². The van der Waals surface area contributed by atoms with Crippen molar-refractivity contribution < 1.29 is 14.7 Å². The number of benzene rings is 3. The molecule has 0 aliphatic carbocycles. The van der Waals surface area contributed by atoms with Crippen LogP contribution >= 0.6 is 0 Å². The lowest BCUT2D eigenvalue weighted by molar-refractivity contribution is -0.141. The average Bonchev–Trinajstić information content (AvgIpc) is 2.83. The molecule has 6 heteroatoms. The van der Waals surface area contributed by atoms with Crippen molar-refractivity contribution in [1.29, 1.82) is 0 Å². The first kappa shape index (κ1) is 25.0. The fraction of sp³-hybridized carbons (Fsp3) is 0.286. The number of hydrogen-bond donors (Lipinski definition) is 2. The predicted octanol–water partition coefficient (Wildman–Crippen LogP) is 3.75. The van der Waals surface area contributed by atoms with Crippen LogP contribution < -0.4 is 5.73 Å². The molecule has 0 saturated carbocycles. The third kappa shape index (κ3) is 6.68. The molecule has 0 aromatic heterocycles. The van der Waals surface area contributed by atoms with Gasteiger partial charge in [-0.3, -0.25) is 9.59 Å². The van der Waals surface area contributed by atoms with Gasteiger partial charge >= 0.3 is 0 Å². The highest BCUT2D eigenvalue weighted by Crippen LogP contribution is 2.29. The molecule has 0 aliphatic rings. The molecule has 2 amide bonds. The fourth-order valence-electron chi connectivity index (χ4n) is 4.13. The minimum Gasteiger partial charge on any atom is -0.508 e. The number of hydrogen-bond acceptors (Lipinski definition) is 4. The van der Waals surface area contributed by atoms with E-state index in [0.29, 0.717) is 6.42 Å². The van der Waals surface area contributed by atoms with E-state index in [0.717, 1.165) is 29.7 Å². The molecule has 0 bridgehead atoms. The standard InChI is InChI=1S/C28H33N3O3/c1-30(2)19-9-14-25(27(29)33)31(20-21-15-17-24(32)18-16-21)28(34)26(22-10-5-3-6-11-22)23-12-7-4-8-13-23/h3-8,10-13,15-18,25-26,32H,9,14,19-20H2,1-2H3,(H2,29,33)/t25-/m1/s1. The second kappa shape index (κ2) is 12.0. The minimum absolute atomic E-state index is 0.144. The Morgan fingerprint density at radius 1 is 0.853 bits per heavy atom. The number of nitrogens with zero attached hydrogens (tertiary/aromatic N) is 2. The van der Waals surface area contributed by atoms with Gasteiger partial charge in [0.2, 0.25) is 11.8 Å². The van der Waals surface area contributed by atoms with E-state index in [4.69, 9.17) is 5.73 Å². The van der Waals surface area contributed by atoms with Crippen molar-refractivity contribution in [2.75, 3.05) is 20.6 Å². The van der Waals surface area contributed by atoms with Crippen molar-refractivity contribution in [1.82, 2.24) is 9.80 Å². The maximum atomic E-state index is 14.2. The van der Waals surface area contributed by atoms with Gasteiger partial charge in [0, 0.05) is 6.54 Å². The highest BCUT2D eigenvalue weighted by molar-refractivity contribution is 5.92. The average molecular weight is 460 g/mol. The fourth-order valence-corrected chi connectivity index (χ4v) is 4.13. The Morgan fingerprint density at radius 2 is 1.38 bits per heavy atom. The largest absolute Gasteiger partial charge is 0.508 e. The molecule has 1 atom stereocenters. The van der Waals surface area contributed by atoms with Gasteiger partial charge in [0.15, 0.2) is 0 Å². The number of carbonyl (C=O) groups excluding carboxylic acids is 2. The van der Waals surface area contributed by atoms with Gasteiger partial charge in [-0.2, -0.15) is 0 Å². The number of carbonyl (C=O) groups is 2. The summed E-state index contributed by atoms with van der Waals surface area (Å²) >= 11 is 0. The lowest BCUT2D eigenvalue weighted by atomic mass is 9.89. The van der Waals surface area contributed by atoms with Gasteiger partial charge in [-0.25, -0.2) is 0 Å². The molecule has 0 spiro atoms. The van der Waals surface area contributed by atoms with Gasteiger partial charge in [0.25, 0.3) is 0 Å². The van der Waals surface area contributed by atoms with E-state index in [1.54, 1.807) is 29.2 Å². The number of phenols is 1. The van der Waals surface area contributed by atoms with Crippen LogP contribution in [0.5, 0.6) is 5.75 Å². The maximum absolute atomic E-state index is 14.2. The summed E-state index contributed by atoms with van der Waals surface area (Å²) in [4.78, 5) is 30.5. The normalized spacial score (nSPS) is 12.0. The first-order valence-corrected chi connectivity index (χ1v) is 11.5. The summed E-state index contributed by atoms with van der Waals surface area (Å²) in [5, 5.41) is 9.69. The first-order chi connectivity index (χ1) is 16.4. The van der Waals surface area contributed by atoms with Gasteiger partial charge < -0.3 is 20.6 Å². The highest BCUT2D eigenvalue weighted by Gasteiger charge is 2.34. The van der Waals surface area contributed by atoms with Crippen LogP contribution in [-0.4, -0.2) is 53.4 Å². The van der Waals surface area contributed by atoms with Gasteiger partial charge in [0.1, 0.15) is 11.8 Å². The molecule has 0 radical (unpaired) electrons. The predicted molar refractivity (Wildman–Crippen MR) is 134 cm³/mol. The van der Waals surface area contributed by atoms with E-state index in [2.05, 4.69) is 0 Å². The summed E-state index contributed by atoms with van der Waals surface area (Å²) in [7, 11) is 3.94. The van der Waals surface area contributed by atoms with Gasteiger partial charge in [-0.05, 0) is 62.3 Å². The molecule has 0 unspecified atom stereocenters. The molecule has 178 valence electrons. The molecule has 3 N–H and O–H groups in total. The van der Waals surface area contributed by atoms with Crippen LogP contribution in [0.2, 0.25) is 0 Å². The zero-order valence-electron chi connectivity index (χ0n) is 19.8. The molecular weight excluding hydrogens is 426 g/mol. The van der Waals surface area contributed by atoms with Crippen molar-refractivity contribution >= 4 is 11.8 Å². The second-order valence-electron chi connectivity index (χ2n) is 8.75. The molecule has 34 heavy (non-hydrogen) atoms. The quantitative estimate of drug-likeness (QED) is 0.457. The van der Waals surface area contributed by atoms with Crippen molar-refractivity contribution in [3.8, 4) is 5.75 Å². The van der Waals surface area contributed by atoms with Crippen LogP contribution in [0, 0.1) is 0 Å². The summed E-state index contributed by atoms with van der Waals surface area (Å²) in [6.07, 6.45) is 1.19. The lowest BCUT2D eigenvalue weighted by Gasteiger charge is -2.33. The Bertz CT molecular complexity index is 1010. The number of primary amides is 1. The zero-order chi connectivity index (χ0) is 24.5. The number of nitrogens with two attached hydrogens (primary N) is 1. The SMILES string of the molecule is CN(C)CCC[C@H](C(N)=O)N(Cc1ccc(O)cc1)C(=O)C(c1ccccc1)c1ccccc1. The Balaban J connectivity index is 2.03. The summed E-state index contributed by atoms with van der Waals surface area (Å²) < 4.78 is 0. The smallest absolute Gasteiger partial charge is 0.240 e.